The highest BCUT2D eigenvalue weighted by molar-refractivity contribution is 6.24. The fraction of sp³-hybridized carbons (Fsp3) is 0.609. The first kappa shape index (κ1) is 24.2. The quantitative estimate of drug-likeness (QED) is 0.440. The van der Waals surface area contributed by atoms with Crippen molar-refractivity contribution < 1.29 is 29.3 Å². The minimum absolute atomic E-state index is 0.0541. The zero-order valence-electron chi connectivity index (χ0n) is 18.9. The van der Waals surface area contributed by atoms with Crippen molar-refractivity contribution in [2.45, 2.75) is 63.4 Å². The summed E-state index contributed by atoms with van der Waals surface area (Å²) < 4.78 is 5.30. The van der Waals surface area contributed by atoms with Gasteiger partial charge in [0.1, 0.15) is 11.8 Å². The molecule has 9 nitrogen and oxygen atoms in total. The molecular formula is C23H33N3O6. The van der Waals surface area contributed by atoms with E-state index in [9.17, 15) is 14.4 Å². The summed E-state index contributed by atoms with van der Waals surface area (Å²) in [6, 6.07) is 4.82. The molecule has 0 saturated carbocycles. The van der Waals surface area contributed by atoms with Crippen LogP contribution in [0.1, 0.15) is 43.9 Å². The number of β-amino-alcohol motifs (C(OH)–C–C–N with tert-alkyl or cyclic N) is 2. The Morgan fingerprint density at radius 1 is 1.28 bits per heavy atom. The highest BCUT2D eigenvalue weighted by Crippen LogP contribution is 2.40. The first-order valence-electron chi connectivity index (χ1n) is 11.2. The Bertz CT molecular complexity index is 839. The van der Waals surface area contributed by atoms with Gasteiger partial charge in [0, 0.05) is 19.6 Å². The molecule has 0 radical (unpaired) electrons. The minimum atomic E-state index is -0.611. The second-order valence-electron chi connectivity index (χ2n) is 8.49. The van der Waals surface area contributed by atoms with Crippen molar-refractivity contribution >= 4 is 18.1 Å². The molecule has 2 saturated heterocycles. The Labute approximate surface area is 188 Å². The molecule has 1 aromatic carbocycles. The molecule has 5 unspecified atom stereocenters. The summed E-state index contributed by atoms with van der Waals surface area (Å²) in [6.45, 7) is 5.58. The lowest BCUT2D eigenvalue weighted by molar-refractivity contribution is -0.162. The lowest BCUT2D eigenvalue weighted by Gasteiger charge is -2.52. The van der Waals surface area contributed by atoms with E-state index in [4.69, 9.17) is 14.9 Å². The molecule has 2 amide bonds. The molecule has 176 valence electrons. The first-order chi connectivity index (χ1) is 15.3. The molecule has 3 aliphatic heterocycles. The van der Waals surface area contributed by atoms with Crippen molar-refractivity contribution in [3.05, 3.63) is 29.3 Å². The third-order valence-electron chi connectivity index (χ3n) is 6.49. The number of hydrogen-bond donors (Lipinski definition) is 3. The second-order valence-corrected chi connectivity index (χ2v) is 8.49. The summed E-state index contributed by atoms with van der Waals surface area (Å²) in [5.74, 6) is 0.118. The molecule has 0 aliphatic carbocycles. The summed E-state index contributed by atoms with van der Waals surface area (Å²) in [6.07, 6.45) is 1.35. The monoisotopic (exact) mass is 447 g/mol. The first-order valence-corrected chi connectivity index (χ1v) is 11.2. The van der Waals surface area contributed by atoms with Gasteiger partial charge < -0.3 is 30.1 Å². The molecule has 3 aliphatic rings. The standard InChI is InChI=1S/C19H24N2O4.C4H9NO2/c1-4-5-16-19(24)20-9-8-13-10-14(25-3)6-7-15(13)18(20)12(2)21(16)17(23)11-22;6-3-1-5-2-4(3)7/h6-7,10-12,16,18H,4-5,8-9H2,1-3H3;3-7H,1-2H2. The fourth-order valence-corrected chi connectivity index (χ4v) is 4.88. The third-order valence-corrected chi connectivity index (χ3v) is 6.49. The predicted molar refractivity (Wildman–Crippen MR) is 117 cm³/mol. The lowest BCUT2D eigenvalue weighted by atomic mass is 9.84. The smallest absolute Gasteiger partial charge is 0.287 e. The maximum atomic E-state index is 13.1. The van der Waals surface area contributed by atoms with Crippen molar-refractivity contribution in [1.82, 2.24) is 15.1 Å². The van der Waals surface area contributed by atoms with Gasteiger partial charge in [0.25, 0.3) is 5.91 Å². The van der Waals surface area contributed by atoms with Crippen molar-refractivity contribution in [3.8, 4) is 5.75 Å². The van der Waals surface area contributed by atoms with E-state index >= 15 is 0 Å². The minimum Gasteiger partial charge on any atom is -0.497 e. The summed E-state index contributed by atoms with van der Waals surface area (Å²) in [7, 11) is 1.63. The van der Waals surface area contributed by atoms with Crippen LogP contribution in [0.5, 0.6) is 5.75 Å². The molecule has 3 heterocycles. The zero-order valence-corrected chi connectivity index (χ0v) is 18.9. The van der Waals surface area contributed by atoms with Crippen LogP contribution in [0.2, 0.25) is 0 Å². The number of hydrogen-bond acceptors (Lipinski definition) is 7. The normalized spacial score (nSPS) is 28.9. The number of aldehydes is 1. The largest absolute Gasteiger partial charge is 0.497 e. The molecule has 32 heavy (non-hydrogen) atoms. The van der Waals surface area contributed by atoms with E-state index in [-0.39, 0.29) is 18.0 Å². The molecule has 1 aromatic rings. The van der Waals surface area contributed by atoms with Crippen LogP contribution in [-0.4, -0.2) is 89.1 Å². The van der Waals surface area contributed by atoms with Gasteiger partial charge in [-0.2, -0.15) is 0 Å². The van der Waals surface area contributed by atoms with Gasteiger partial charge in [0.2, 0.25) is 12.2 Å². The van der Waals surface area contributed by atoms with Crippen molar-refractivity contribution in [2.24, 2.45) is 0 Å². The highest BCUT2D eigenvalue weighted by atomic mass is 16.5. The maximum Gasteiger partial charge on any atom is 0.287 e. The second kappa shape index (κ2) is 10.4. The van der Waals surface area contributed by atoms with Gasteiger partial charge in [-0.15, -0.1) is 0 Å². The van der Waals surface area contributed by atoms with Crippen LogP contribution in [0.4, 0.5) is 0 Å². The molecule has 0 aromatic heterocycles. The topological polar surface area (TPSA) is 119 Å². The number of carbonyl (C=O) groups is 3. The number of ether oxygens (including phenoxy) is 1. The summed E-state index contributed by atoms with van der Waals surface area (Å²) in [5.41, 5.74) is 2.17. The van der Waals surface area contributed by atoms with Crippen LogP contribution in [0.15, 0.2) is 18.2 Å². The van der Waals surface area contributed by atoms with Crippen molar-refractivity contribution in [3.63, 3.8) is 0 Å². The average molecular weight is 448 g/mol. The molecule has 5 atom stereocenters. The number of rotatable bonds is 4. The van der Waals surface area contributed by atoms with E-state index in [1.807, 2.05) is 36.9 Å². The van der Waals surface area contributed by atoms with E-state index in [2.05, 4.69) is 5.32 Å². The van der Waals surface area contributed by atoms with Gasteiger partial charge in [-0.25, -0.2) is 0 Å². The average Bonchev–Trinajstić information content (AvgIpc) is 3.18. The number of aliphatic hydroxyl groups excluding tert-OH is 2. The fourth-order valence-electron chi connectivity index (χ4n) is 4.88. The maximum absolute atomic E-state index is 13.1. The van der Waals surface area contributed by atoms with Crippen molar-refractivity contribution in [2.75, 3.05) is 26.7 Å². The van der Waals surface area contributed by atoms with Crippen LogP contribution in [0.3, 0.4) is 0 Å². The SMILES string of the molecule is CCCC1C(=O)N2CCc3cc(OC)ccc3C2C(C)N1C(=O)C=O.OC1CNCC1O. The summed E-state index contributed by atoms with van der Waals surface area (Å²) in [5, 5.41) is 20.2. The Kier molecular flexibility index (Phi) is 7.86. The van der Waals surface area contributed by atoms with E-state index in [1.54, 1.807) is 7.11 Å². The number of nitrogens with zero attached hydrogens (tertiary/aromatic N) is 2. The van der Waals surface area contributed by atoms with Crippen LogP contribution < -0.4 is 10.1 Å². The van der Waals surface area contributed by atoms with Gasteiger partial charge in [0.15, 0.2) is 0 Å². The third kappa shape index (κ3) is 4.65. The van der Waals surface area contributed by atoms with Gasteiger partial charge in [-0.05, 0) is 43.0 Å². The number of piperazine rings is 1. The van der Waals surface area contributed by atoms with Crippen LogP contribution >= 0.6 is 0 Å². The van der Waals surface area contributed by atoms with Gasteiger partial charge >= 0.3 is 0 Å². The van der Waals surface area contributed by atoms with Crippen LogP contribution in [0, 0.1) is 0 Å². The highest BCUT2D eigenvalue weighted by Gasteiger charge is 2.48. The van der Waals surface area contributed by atoms with Gasteiger partial charge in [0.05, 0.1) is 31.4 Å². The Hall–Kier alpha value is -2.49. The molecule has 0 bridgehead atoms. The molecule has 4 rings (SSSR count). The lowest BCUT2D eigenvalue weighted by Crippen LogP contribution is -2.65. The predicted octanol–water partition coefficient (Wildman–Crippen LogP) is 0.0307. The van der Waals surface area contributed by atoms with Crippen LogP contribution in [0.25, 0.3) is 0 Å². The van der Waals surface area contributed by atoms with Gasteiger partial charge in [-0.3, -0.25) is 14.4 Å². The molecule has 0 spiro atoms. The molecule has 9 heteroatoms. The van der Waals surface area contributed by atoms with Crippen LogP contribution in [-0.2, 0) is 20.8 Å². The number of fused-ring (bicyclic) bond motifs is 3. The number of benzene rings is 1. The number of methoxy groups -OCH3 is 1. The van der Waals surface area contributed by atoms with Crippen molar-refractivity contribution in [1.29, 1.82) is 0 Å². The summed E-state index contributed by atoms with van der Waals surface area (Å²) >= 11 is 0. The Morgan fingerprint density at radius 3 is 2.50 bits per heavy atom. The molecule has 2 fully saturated rings. The molecular weight excluding hydrogens is 414 g/mol. The number of nitrogens with one attached hydrogen (secondary N) is 1. The molecule has 3 N–H and O–H groups in total. The van der Waals surface area contributed by atoms with Gasteiger partial charge in [-0.1, -0.05) is 19.4 Å². The summed E-state index contributed by atoms with van der Waals surface area (Å²) in [4.78, 5) is 39.8. The Morgan fingerprint density at radius 2 is 1.97 bits per heavy atom. The Balaban J connectivity index is 0.000000352. The van der Waals surface area contributed by atoms with E-state index in [0.717, 1.165) is 29.7 Å². The zero-order chi connectivity index (χ0) is 23.4. The van der Waals surface area contributed by atoms with E-state index in [0.29, 0.717) is 32.3 Å². The number of amides is 2. The van der Waals surface area contributed by atoms with E-state index in [1.165, 1.54) is 4.90 Å². The number of carbonyl (C=O) groups excluding carboxylic acids is 3. The number of aliphatic hydroxyl groups is 2. The van der Waals surface area contributed by atoms with E-state index < -0.39 is 24.2 Å².